The van der Waals surface area contributed by atoms with E-state index < -0.39 is 0 Å². The summed E-state index contributed by atoms with van der Waals surface area (Å²) in [6.45, 7) is 2.02. The number of carbonyl (C=O) groups is 2. The largest absolute Gasteiger partial charge is 0.351 e. The summed E-state index contributed by atoms with van der Waals surface area (Å²) in [4.78, 5) is 27.7. The molecule has 7 heteroatoms. The molecule has 4 aromatic rings. The zero-order valence-corrected chi connectivity index (χ0v) is 20.6. The second kappa shape index (κ2) is 10.8. The van der Waals surface area contributed by atoms with E-state index in [9.17, 15) is 9.59 Å². The fraction of sp³-hybridized carbons (Fsp3) is 0.207. The van der Waals surface area contributed by atoms with Crippen molar-refractivity contribution in [1.29, 1.82) is 0 Å². The second-order valence-electron chi connectivity index (χ2n) is 8.91. The van der Waals surface area contributed by atoms with Gasteiger partial charge in [-0.15, -0.1) is 0 Å². The number of rotatable bonds is 8. The van der Waals surface area contributed by atoms with E-state index in [1.807, 2.05) is 60.7 Å². The van der Waals surface area contributed by atoms with Crippen LogP contribution in [0.1, 0.15) is 50.0 Å². The fourth-order valence-electron chi connectivity index (χ4n) is 4.67. The normalized spacial score (nSPS) is 13.1. The predicted octanol–water partition coefficient (Wildman–Crippen LogP) is 5.14. The lowest BCUT2D eigenvalue weighted by molar-refractivity contribution is 0.0683. The van der Waals surface area contributed by atoms with E-state index in [1.165, 1.54) is 11.1 Å². The summed E-state index contributed by atoms with van der Waals surface area (Å²) in [5, 5.41) is 8.04. The Morgan fingerprint density at radius 1 is 0.917 bits per heavy atom. The number of nitrogens with zero attached hydrogens (tertiary/aromatic N) is 3. The van der Waals surface area contributed by atoms with E-state index in [4.69, 9.17) is 11.6 Å². The third-order valence-corrected chi connectivity index (χ3v) is 6.72. The summed E-state index contributed by atoms with van der Waals surface area (Å²) in [5.41, 5.74) is 4.08. The molecule has 0 aliphatic carbocycles. The van der Waals surface area contributed by atoms with Crippen molar-refractivity contribution in [3.05, 3.63) is 124 Å². The van der Waals surface area contributed by atoms with E-state index in [2.05, 4.69) is 34.7 Å². The molecule has 1 aromatic heterocycles. The Balaban J connectivity index is 1.23. The minimum atomic E-state index is -0.272. The van der Waals surface area contributed by atoms with Crippen LogP contribution in [0.5, 0.6) is 0 Å². The molecule has 1 aliphatic rings. The number of benzene rings is 3. The molecule has 3 aromatic carbocycles. The van der Waals surface area contributed by atoms with E-state index in [1.54, 1.807) is 15.6 Å². The fourth-order valence-corrected chi connectivity index (χ4v) is 4.89. The topological polar surface area (TPSA) is 67.2 Å². The van der Waals surface area contributed by atoms with Gasteiger partial charge in [-0.1, -0.05) is 84.4 Å². The molecule has 0 fully saturated rings. The molecule has 0 saturated heterocycles. The van der Waals surface area contributed by atoms with Crippen molar-refractivity contribution < 1.29 is 9.59 Å². The van der Waals surface area contributed by atoms with Crippen molar-refractivity contribution in [3.8, 4) is 0 Å². The lowest BCUT2D eigenvalue weighted by Gasteiger charge is -2.27. The minimum Gasteiger partial charge on any atom is -0.351 e. The van der Waals surface area contributed by atoms with E-state index in [0.29, 0.717) is 36.9 Å². The average molecular weight is 499 g/mol. The highest BCUT2D eigenvalue weighted by Gasteiger charge is 2.28. The Labute approximate surface area is 215 Å². The Hall–Kier alpha value is -3.90. The zero-order chi connectivity index (χ0) is 24.9. The van der Waals surface area contributed by atoms with Crippen molar-refractivity contribution in [2.75, 3.05) is 13.1 Å². The Morgan fingerprint density at radius 3 is 2.28 bits per heavy atom. The Kier molecular flexibility index (Phi) is 7.14. The number of hydrogen-bond acceptors (Lipinski definition) is 3. The van der Waals surface area contributed by atoms with Gasteiger partial charge in [-0.05, 0) is 35.2 Å². The lowest BCUT2D eigenvalue weighted by Crippen LogP contribution is -2.39. The highest BCUT2D eigenvalue weighted by Crippen LogP contribution is 2.27. The molecular formula is C29H27ClN4O2. The maximum atomic E-state index is 13.1. The number of fused-ring (bicyclic) bond motifs is 1. The molecule has 2 heterocycles. The SMILES string of the molecule is O=C(NCCC(c1ccccc1)c1ccccc1)c1cc2n(n1)CCN(Cc1cccc(Cl)c1)C2=O. The van der Waals surface area contributed by atoms with E-state index in [0.717, 1.165) is 12.0 Å². The molecule has 0 unspecified atom stereocenters. The lowest BCUT2D eigenvalue weighted by atomic mass is 9.88. The van der Waals surface area contributed by atoms with Crippen molar-refractivity contribution in [2.24, 2.45) is 0 Å². The van der Waals surface area contributed by atoms with Gasteiger partial charge in [0.2, 0.25) is 0 Å². The van der Waals surface area contributed by atoms with Gasteiger partial charge in [-0.3, -0.25) is 14.3 Å². The van der Waals surface area contributed by atoms with Crippen molar-refractivity contribution >= 4 is 23.4 Å². The van der Waals surface area contributed by atoms with Crippen molar-refractivity contribution in [3.63, 3.8) is 0 Å². The quantitative estimate of drug-likeness (QED) is 0.365. The van der Waals surface area contributed by atoms with Crippen molar-refractivity contribution in [2.45, 2.75) is 25.4 Å². The smallest absolute Gasteiger partial charge is 0.272 e. The molecule has 1 aliphatic heterocycles. The van der Waals surface area contributed by atoms with Gasteiger partial charge < -0.3 is 10.2 Å². The summed E-state index contributed by atoms with van der Waals surface area (Å²) in [6, 6.07) is 29.7. The molecule has 0 bridgehead atoms. The van der Waals surface area contributed by atoms with Crippen LogP contribution < -0.4 is 5.32 Å². The maximum Gasteiger partial charge on any atom is 0.272 e. The first kappa shape index (κ1) is 23.8. The molecular weight excluding hydrogens is 472 g/mol. The molecule has 182 valence electrons. The summed E-state index contributed by atoms with van der Waals surface area (Å²) in [7, 11) is 0. The first-order chi connectivity index (χ1) is 17.6. The van der Waals surface area contributed by atoms with Crippen LogP contribution in [0.4, 0.5) is 0 Å². The van der Waals surface area contributed by atoms with Crippen LogP contribution in [0.3, 0.4) is 0 Å². The van der Waals surface area contributed by atoms with Crippen LogP contribution in [0.2, 0.25) is 5.02 Å². The second-order valence-corrected chi connectivity index (χ2v) is 9.35. The first-order valence-corrected chi connectivity index (χ1v) is 12.5. The van der Waals surface area contributed by atoms with Crippen LogP contribution in [-0.2, 0) is 13.1 Å². The summed E-state index contributed by atoms with van der Waals surface area (Å²) >= 11 is 6.09. The van der Waals surface area contributed by atoms with Crippen LogP contribution in [-0.4, -0.2) is 39.6 Å². The van der Waals surface area contributed by atoms with Gasteiger partial charge in [0.15, 0.2) is 5.69 Å². The number of amides is 2. The highest BCUT2D eigenvalue weighted by atomic mass is 35.5. The van der Waals surface area contributed by atoms with Gasteiger partial charge in [-0.2, -0.15) is 5.10 Å². The molecule has 0 saturated carbocycles. The number of hydrogen-bond donors (Lipinski definition) is 1. The molecule has 0 radical (unpaired) electrons. The molecule has 36 heavy (non-hydrogen) atoms. The first-order valence-electron chi connectivity index (χ1n) is 12.1. The summed E-state index contributed by atoms with van der Waals surface area (Å²) in [6.07, 6.45) is 0.750. The van der Waals surface area contributed by atoms with Crippen LogP contribution >= 0.6 is 11.6 Å². The van der Waals surface area contributed by atoms with E-state index >= 15 is 0 Å². The van der Waals surface area contributed by atoms with Gasteiger partial charge >= 0.3 is 0 Å². The van der Waals surface area contributed by atoms with Gasteiger partial charge in [0.1, 0.15) is 5.69 Å². The standard InChI is InChI=1S/C29H27ClN4O2/c30-24-13-7-8-21(18-24)20-33-16-17-34-27(29(33)36)19-26(32-34)28(35)31-15-14-25(22-9-3-1-4-10-22)23-11-5-2-6-12-23/h1-13,18-19,25H,14-17,20H2,(H,31,35). The average Bonchev–Trinajstić information content (AvgIpc) is 3.35. The summed E-state index contributed by atoms with van der Waals surface area (Å²) in [5.74, 6) is -0.239. The number of nitrogens with one attached hydrogen (secondary N) is 1. The molecule has 6 nitrogen and oxygen atoms in total. The molecule has 1 N–H and O–H groups in total. The minimum absolute atomic E-state index is 0.138. The van der Waals surface area contributed by atoms with E-state index in [-0.39, 0.29) is 23.4 Å². The monoisotopic (exact) mass is 498 g/mol. The number of aromatic nitrogens is 2. The van der Waals surface area contributed by atoms with Crippen LogP contribution in [0.25, 0.3) is 0 Å². The third-order valence-electron chi connectivity index (χ3n) is 6.49. The van der Waals surface area contributed by atoms with Gasteiger partial charge in [0.25, 0.3) is 11.8 Å². The van der Waals surface area contributed by atoms with Gasteiger partial charge in [0.05, 0.1) is 6.54 Å². The van der Waals surface area contributed by atoms with Gasteiger partial charge in [-0.25, -0.2) is 0 Å². The van der Waals surface area contributed by atoms with Crippen LogP contribution in [0.15, 0.2) is 91.0 Å². The Bertz CT molecular complexity index is 1310. The van der Waals surface area contributed by atoms with Crippen LogP contribution in [0, 0.1) is 0 Å². The molecule has 0 atom stereocenters. The number of halogens is 1. The highest BCUT2D eigenvalue weighted by molar-refractivity contribution is 6.30. The maximum absolute atomic E-state index is 13.1. The molecule has 5 rings (SSSR count). The van der Waals surface area contributed by atoms with Crippen molar-refractivity contribution in [1.82, 2.24) is 20.0 Å². The molecule has 0 spiro atoms. The van der Waals surface area contributed by atoms with Gasteiger partial charge in [0, 0.05) is 36.6 Å². The Morgan fingerprint density at radius 2 is 1.61 bits per heavy atom. The third kappa shape index (κ3) is 5.34. The zero-order valence-electron chi connectivity index (χ0n) is 19.8. The number of carbonyl (C=O) groups excluding carboxylic acids is 2. The summed E-state index contributed by atoms with van der Waals surface area (Å²) < 4.78 is 1.63. The molecule has 2 amide bonds. The predicted molar refractivity (Wildman–Crippen MR) is 140 cm³/mol.